The zero-order chi connectivity index (χ0) is 25.5. The van der Waals surface area contributed by atoms with Gasteiger partial charge in [-0.2, -0.15) is 0 Å². The first kappa shape index (κ1) is 26.2. The lowest BCUT2D eigenvalue weighted by molar-refractivity contribution is -0.384. The van der Waals surface area contributed by atoms with Crippen LogP contribution in [0.4, 0.5) is 17.1 Å². The van der Waals surface area contributed by atoms with Crippen LogP contribution in [-0.2, 0) is 14.3 Å². The number of carbonyl (C=O) groups excluding carboxylic acids is 2. The average Bonchev–Trinajstić information content (AvgIpc) is 3.11. The van der Waals surface area contributed by atoms with E-state index in [1.54, 1.807) is 7.11 Å². The topological polar surface area (TPSA) is 123 Å². The van der Waals surface area contributed by atoms with Crippen LogP contribution < -0.4 is 10.1 Å². The molecular formula is C24H28N4O6S. The van der Waals surface area contributed by atoms with Crippen molar-refractivity contribution in [2.45, 2.75) is 31.4 Å². The fourth-order valence-corrected chi connectivity index (χ4v) is 4.74. The molecule has 11 heteroatoms. The summed E-state index contributed by atoms with van der Waals surface area (Å²) in [5, 5.41) is 13.7. The van der Waals surface area contributed by atoms with Gasteiger partial charge < -0.3 is 14.8 Å². The summed E-state index contributed by atoms with van der Waals surface area (Å²) in [7, 11) is 2.94. The number of methoxy groups -OCH3 is 2. The first-order chi connectivity index (χ1) is 16.7. The Morgan fingerprint density at radius 2 is 2.00 bits per heavy atom. The maximum absolute atomic E-state index is 13.1. The summed E-state index contributed by atoms with van der Waals surface area (Å²) in [5.74, 6) is -0.230. The predicted molar refractivity (Wildman–Crippen MR) is 135 cm³/mol. The summed E-state index contributed by atoms with van der Waals surface area (Å²) in [4.78, 5) is 43.0. The smallest absolute Gasteiger partial charge is 0.296 e. The Hall–Kier alpha value is -3.44. The number of hydrogen-bond donors (Lipinski definition) is 1. The summed E-state index contributed by atoms with van der Waals surface area (Å²) in [6, 6.07) is 11.9. The molecule has 0 saturated carbocycles. The van der Waals surface area contributed by atoms with Crippen molar-refractivity contribution in [1.82, 2.24) is 4.90 Å². The minimum Gasteiger partial charge on any atom is -0.496 e. The van der Waals surface area contributed by atoms with Crippen molar-refractivity contribution in [3.05, 3.63) is 58.1 Å². The molecule has 1 fully saturated rings. The summed E-state index contributed by atoms with van der Waals surface area (Å²) in [6.45, 7) is 4.75. The third kappa shape index (κ3) is 6.37. The number of rotatable bonds is 10. The second kappa shape index (κ2) is 11.8. The highest BCUT2D eigenvalue weighted by Gasteiger charge is 2.39. The zero-order valence-electron chi connectivity index (χ0n) is 20.0. The molecule has 3 rings (SSSR count). The van der Waals surface area contributed by atoms with Crippen LogP contribution in [0.3, 0.4) is 0 Å². The second-order valence-electron chi connectivity index (χ2n) is 8.09. The van der Waals surface area contributed by atoms with E-state index in [9.17, 15) is 19.7 Å². The van der Waals surface area contributed by atoms with Gasteiger partial charge in [-0.25, -0.2) is 4.99 Å². The molecule has 0 unspecified atom stereocenters. The molecule has 1 N–H and O–H groups in total. The van der Waals surface area contributed by atoms with Gasteiger partial charge in [0, 0.05) is 13.5 Å². The Labute approximate surface area is 207 Å². The number of amides is 2. The number of carbonyl (C=O) groups is 2. The van der Waals surface area contributed by atoms with Gasteiger partial charge in [-0.05, 0) is 29.7 Å². The minimum absolute atomic E-state index is 0.0345. The molecule has 10 nitrogen and oxygen atoms in total. The molecule has 1 atom stereocenters. The van der Waals surface area contributed by atoms with E-state index in [1.165, 1.54) is 42.0 Å². The van der Waals surface area contributed by atoms with E-state index >= 15 is 0 Å². The Morgan fingerprint density at radius 1 is 1.26 bits per heavy atom. The number of benzene rings is 2. The lowest BCUT2D eigenvalue weighted by Gasteiger charge is -2.16. The number of hydrogen-bond acceptors (Lipinski definition) is 8. The number of aliphatic imine (C=N–C) groups is 1. The van der Waals surface area contributed by atoms with E-state index in [2.05, 4.69) is 19.2 Å². The van der Waals surface area contributed by atoms with Gasteiger partial charge in [0.1, 0.15) is 16.7 Å². The SMILES string of the molecule is COCCN1C(=O)[C@H](CC(=O)Nc2ccc(OC)cc2[N+](=O)[O-])SC1=Nc1ccccc1C(C)C. The van der Waals surface area contributed by atoms with Crippen molar-refractivity contribution in [2.24, 2.45) is 4.99 Å². The van der Waals surface area contributed by atoms with Gasteiger partial charge in [0.25, 0.3) is 5.69 Å². The summed E-state index contributed by atoms with van der Waals surface area (Å²) in [5.41, 5.74) is 1.55. The van der Waals surface area contributed by atoms with E-state index in [-0.39, 0.29) is 29.6 Å². The third-order valence-corrected chi connectivity index (χ3v) is 6.54. The fourth-order valence-electron chi connectivity index (χ4n) is 3.56. The number of amidine groups is 1. The molecule has 1 heterocycles. The van der Waals surface area contributed by atoms with Crippen molar-refractivity contribution in [3.8, 4) is 5.75 Å². The van der Waals surface area contributed by atoms with Crippen molar-refractivity contribution >= 4 is 45.8 Å². The molecule has 0 aliphatic carbocycles. The molecule has 1 aliphatic rings. The van der Waals surface area contributed by atoms with Crippen molar-refractivity contribution in [3.63, 3.8) is 0 Å². The van der Waals surface area contributed by atoms with Gasteiger partial charge in [-0.1, -0.05) is 43.8 Å². The van der Waals surface area contributed by atoms with Crippen molar-refractivity contribution in [1.29, 1.82) is 0 Å². The molecule has 2 amide bonds. The van der Waals surface area contributed by atoms with E-state index in [1.807, 2.05) is 24.3 Å². The second-order valence-corrected chi connectivity index (χ2v) is 9.26. The molecule has 1 saturated heterocycles. The van der Waals surface area contributed by atoms with Crippen molar-refractivity contribution in [2.75, 3.05) is 32.7 Å². The summed E-state index contributed by atoms with van der Waals surface area (Å²) in [6.07, 6.45) is -0.166. The average molecular weight is 501 g/mol. The van der Waals surface area contributed by atoms with Crippen molar-refractivity contribution < 1.29 is 24.0 Å². The molecule has 0 aromatic heterocycles. The summed E-state index contributed by atoms with van der Waals surface area (Å²) < 4.78 is 10.2. The van der Waals surface area contributed by atoms with Crippen LogP contribution in [0.15, 0.2) is 47.5 Å². The van der Waals surface area contributed by atoms with Crippen LogP contribution in [0.2, 0.25) is 0 Å². The van der Waals surface area contributed by atoms with Crippen LogP contribution in [0.1, 0.15) is 31.7 Å². The Morgan fingerprint density at radius 3 is 2.66 bits per heavy atom. The number of nitrogens with one attached hydrogen (secondary N) is 1. The van der Waals surface area contributed by atoms with Gasteiger partial charge in [-0.3, -0.25) is 24.6 Å². The largest absolute Gasteiger partial charge is 0.496 e. The molecule has 2 aromatic carbocycles. The number of ether oxygens (including phenoxy) is 2. The number of anilines is 1. The number of nitrogens with zero attached hydrogens (tertiary/aromatic N) is 3. The molecule has 0 bridgehead atoms. The first-order valence-electron chi connectivity index (χ1n) is 11.0. The highest BCUT2D eigenvalue weighted by molar-refractivity contribution is 8.15. The van der Waals surface area contributed by atoms with Crippen LogP contribution in [0, 0.1) is 10.1 Å². The lowest BCUT2D eigenvalue weighted by Crippen LogP contribution is -2.35. The van der Waals surface area contributed by atoms with Gasteiger partial charge in [0.15, 0.2) is 5.17 Å². The highest BCUT2D eigenvalue weighted by atomic mass is 32.2. The van der Waals surface area contributed by atoms with Crippen LogP contribution in [-0.4, -0.2) is 59.4 Å². The van der Waals surface area contributed by atoms with Crippen LogP contribution in [0.5, 0.6) is 5.75 Å². The summed E-state index contributed by atoms with van der Waals surface area (Å²) >= 11 is 1.20. The van der Waals surface area contributed by atoms with Crippen LogP contribution >= 0.6 is 11.8 Å². The molecular weight excluding hydrogens is 472 g/mol. The first-order valence-corrected chi connectivity index (χ1v) is 11.9. The fraction of sp³-hybridized carbons (Fsp3) is 0.375. The van der Waals surface area contributed by atoms with Gasteiger partial charge in [0.2, 0.25) is 11.8 Å². The Kier molecular flexibility index (Phi) is 8.83. The minimum atomic E-state index is -0.714. The molecule has 186 valence electrons. The molecule has 35 heavy (non-hydrogen) atoms. The maximum Gasteiger partial charge on any atom is 0.296 e. The van der Waals surface area contributed by atoms with E-state index < -0.39 is 16.1 Å². The number of thioether (sulfide) groups is 1. The maximum atomic E-state index is 13.1. The normalized spacial score (nSPS) is 16.7. The van der Waals surface area contributed by atoms with Gasteiger partial charge in [0.05, 0.1) is 36.9 Å². The number of para-hydroxylation sites is 1. The molecule has 0 radical (unpaired) electrons. The molecule has 1 aliphatic heterocycles. The third-order valence-electron chi connectivity index (χ3n) is 5.36. The van der Waals surface area contributed by atoms with Crippen LogP contribution in [0.25, 0.3) is 0 Å². The quantitative estimate of drug-likeness (QED) is 0.380. The predicted octanol–water partition coefficient (Wildman–Crippen LogP) is 4.33. The zero-order valence-corrected chi connectivity index (χ0v) is 20.8. The molecule has 0 spiro atoms. The van der Waals surface area contributed by atoms with E-state index in [0.717, 1.165) is 11.3 Å². The Bertz CT molecular complexity index is 1140. The van der Waals surface area contributed by atoms with Gasteiger partial charge in [-0.15, -0.1) is 0 Å². The van der Waals surface area contributed by atoms with E-state index in [0.29, 0.717) is 24.1 Å². The highest BCUT2D eigenvalue weighted by Crippen LogP contribution is 2.35. The van der Waals surface area contributed by atoms with Gasteiger partial charge >= 0.3 is 0 Å². The number of nitro groups is 1. The number of nitro benzene ring substituents is 1. The Balaban J connectivity index is 1.81. The van der Waals surface area contributed by atoms with E-state index in [4.69, 9.17) is 14.5 Å². The monoisotopic (exact) mass is 500 g/mol. The standard InChI is InChI=1S/C24H28N4O6S/c1-15(2)17-7-5-6-8-18(17)26-24-27(11-12-33-3)23(30)21(35-24)14-22(29)25-19-10-9-16(34-4)13-20(19)28(31)32/h5-10,13,15,21H,11-12,14H2,1-4H3,(H,25,29)/t21-/m0/s1. The lowest BCUT2D eigenvalue weighted by atomic mass is 10.0. The molecule has 2 aromatic rings.